The van der Waals surface area contributed by atoms with Crippen molar-refractivity contribution in [2.45, 2.75) is 37.1 Å². The number of carbonyl (C=O) groups excluding carboxylic acids is 1. The van der Waals surface area contributed by atoms with Crippen LogP contribution in [0.3, 0.4) is 0 Å². The number of alkyl halides is 3. The number of carbonyl (C=O) groups is 2. The molecule has 2 fully saturated rings. The van der Waals surface area contributed by atoms with E-state index in [1.165, 1.54) is 0 Å². The van der Waals surface area contributed by atoms with Crippen LogP contribution in [0.1, 0.15) is 29.8 Å². The van der Waals surface area contributed by atoms with Gasteiger partial charge in [0.25, 0.3) is 5.91 Å². The Kier molecular flexibility index (Phi) is 7.02. The van der Waals surface area contributed by atoms with Crippen LogP contribution in [-0.4, -0.2) is 74.2 Å². The van der Waals surface area contributed by atoms with Crippen LogP contribution in [-0.2, 0) is 16.6 Å². The largest absolute Gasteiger partial charge is 0.490 e. The molecule has 174 valence electrons. The maximum absolute atomic E-state index is 12.6. The molecule has 32 heavy (non-hydrogen) atoms. The first kappa shape index (κ1) is 23.5. The number of aliphatic carboxylic acids is 1. The summed E-state index contributed by atoms with van der Waals surface area (Å²) < 4.78 is 45.4. The Hall–Kier alpha value is -3.15. The van der Waals surface area contributed by atoms with Gasteiger partial charge < -0.3 is 19.5 Å². The minimum absolute atomic E-state index is 0.0224. The fourth-order valence-electron chi connectivity index (χ4n) is 3.68. The van der Waals surface area contributed by atoms with E-state index >= 15 is 0 Å². The van der Waals surface area contributed by atoms with E-state index in [0.29, 0.717) is 31.3 Å². The molecule has 2 aromatic rings. The summed E-state index contributed by atoms with van der Waals surface area (Å²) in [6, 6.07) is 7.40. The molecule has 1 amide bonds. The quantitative estimate of drug-likeness (QED) is 0.755. The summed E-state index contributed by atoms with van der Waals surface area (Å²) in [6.07, 6.45) is 0.824. The second kappa shape index (κ2) is 9.55. The molecule has 0 aromatic carbocycles. The number of halogens is 3. The van der Waals surface area contributed by atoms with Crippen LogP contribution >= 0.6 is 0 Å². The minimum atomic E-state index is -5.08. The van der Waals surface area contributed by atoms with Gasteiger partial charge in [0.1, 0.15) is 11.8 Å². The number of hydrogen-bond acceptors (Lipinski definition) is 6. The number of hydrogen-bond donors (Lipinski definition) is 1. The molecule has 1 spiro atoms. The smallest absolute Gasteiger partial charge is 0.475 e. The molecule has 0 bridgehead atoms. The number of likely N-dealkylation sites (tertiary alicyclic amines) is 1. The van der Waals surface area contributed by atoms with Crippen LogP contribution in [0.15, 0.2) is 36.7 Å². The molecule has 1 atom stereocenters. The van der Waals surface area contributed by atoms with Gasteiger partial charge in [0.2, 0.25) is 5.88 Å². The molecule has 4 rings (SSSR count). The normalized spacial score (nSPS) is 19.9. The van der Waals surface area contributed by atoms with Crippen molar-refractivity contribution in [3.8, 4) is 5.88 Å². The van der Waals surface area contributed by atoms with E-state index < -0.39 is 12.1 Å². The fraction of sp³-hybridized carbons (Fsp3) is 0.500. The first-order chi connectivity index (χ1) is 15.1. The molecule has 2 aliphatic rings. The Morgan fingerprint density at radius 3 is 2.44 bits per heavy atom. The van der Waals surface area contributed by atoms with Gasteiger partial charge in [-0.25, -0.2) is 9.78 Å². The molecule has 1 unspecified atom stereocenters. The average molecular weight is 456 g/mol. The number of aryl methyl sites for hydroxylation is 1. The number of amides is 1. The van der Waals surface area contributed by atoms with Gasteiger partial charge in [-0.15, -0.1) is 0 Å². The fourth-order valence-corrected chi connectivity index (χ4v) is 3.68. The number of carboxylic acids is 1. The van der Waals surface area contributed by atoms with E-state index in [1.807, 2.05) is 23.1 Å². The van der Waals surface area contributed by atoms with E-state index in [0.717, 1.165) is 19.3 Å². The van der Waals surface area contributed by atoms with Gasteiger partial charge in [-0.1, -0.05) is 6.07 Å². The lowest BCUT2D eigenvalue weighted by atomic mass is 9.88. The first-order valence-corrected chi connectivity index (χ1v) is 9.89. The van der Waals surface area contributed by atoms with Crippen LogP contribution in [0.2, 0.25) is 0 Å². The summed E-state index contributed by atoms with van der Waals surface area (Å²) in [5, 5.41) is 11.2. The standard InChI is InChI=1S/C18H22N4O3.C2HF3O2/c1-21-15(5-9-20-21)17(23)22-10-6-18(7-11-22)12-14(13-24-18)25-16-4-2-3-8-19-16;3-2(4,5)1(6)7/h2-5,8-9,14H,6-7,10-13H2,1H3;(H,6,7). The average Bonchev–Trinajstić information content (AvgIpc) is 3.35. The zero-order valence-corrected chi connectivity index (χ0v) is 17.3. The van der Waals surface area contributed by atoms with Crippen molar-refractivity contribution in [2.75, 3.05) is 19.7 Å². The van der Waals surface area contributed by atoms with E-state index in [4.69, 9.17) is 19.4 Å². The van der Waals surface area contributed by atoms with Gasteiger partial charge >= 0.3 is 12.1 Å². The molecule has 2 aromatic heterocycles. The number of ether oxygens (including phenoxy) is 2. The number of carboxylic acid groups (broad SMARTS) is 1. The molecule has 2 saturated heterocycles. The summed E-state index contributed by atoms with van der Waals surface area (Å²) in [4.78, 5) is 27.6. The van der Waals surface area contributed by atoms with Crippen LogP contribution in [0.25, 0.3) is 0 Å². The number of aromatic nitrogens is 3. The predicted molar refractivity (Wildman–Crippen MR) is 104 cm³/mol. The monoisotopic (exact) mass is 456 g/mol. The van der Waals surface area contributed by atoms with E-state index in [-0.39, 0.29) is 17.6 Å². The molecule has 12 heteroatoms. The van der Waals surface area contributed by atoms with Crippen molar-refractivity contribution >= 4 is 11.9 Å². The molecule has 4 heterocycles. The van der Waals surface area contributed by atoms with Crippen LogP contribution in [0.5, 0.6) is 5.88 Å². The Labute approximate surface area is 181 Å². The molecule has 1 N–H and O–H groups in total. The second-order valence-corrected chi connectivity index (χ2v) is 7.54. The lowest BCUT2D eigenvalue weighted by Crippen LogP contribution is -2.47. The lowest BCUT2D eigenvalue weighted by Gasteiger charge is -2.38. The van der Waals surface area contributed by atoms with Gasteiger partial charge in [0.05, 0.1) is 12.2 Å². The number of nitrogens with zero attached hydrogens (tertiary/aromatic N) is 4. The lowest BCUT2D eigenvalue weighted by molar-refractivity contribution is -0.192. The van der Waals surface area contributed by atoms with Crippen LogP contribution < -0.4 is 4.74 Å². The van der Waals surface area contributed by atoms with Crippen molar-refractivity contribution < 1.29 is 37.3 Å². The Balaban J connectivity index is 0.000000360. The second-order valence-electron chi connectivity index (χ2n) is 7.54. The highest BCUT2D eigenvalue weighted by atomic mass is 19.4. The van der Waals surface area contributed by atoms with Crippen LogP contribution in [0, 0.1) is 0 Å². The highest BCUT2D eigenvalue weighted by Crippen LogP contribution is 2.37. The Bertz CT molecular complexity index is 927. The van der Waals surface area contributed by atoms with Gasteiger partial charge in [-0.2, -0.15) is 18.3 Å². The third-order valence-electron chi connectivity index (χ3n) is 5.34. The summed E-state index contributed by atoms with van der Waals surface area (Å²) in [5.41, 5.74) is 0.447. The zero-order valence-electron chi connectivity index (χ0n) is 17.3. The van der Waals surface area contributed by atoms with Gasteiger partial charge in [-0.3, -0.25) is 9.48 Å². The number of pyridine rings is 1. The van der Waals surface area contributed by atoms with Crippen molar-refractivity contribution in [3.63, 3.8) is 0 Å². The van der Waals surface area contributed by atoms with Gasteiger partial charge in [0, 0.05) is 45.0 Å². The summed E-state index contributed by atoms with van der Waals surface area (Å²) in [7, 11) is 1.79. The first-order valence-electron chi connectivity index (χ1n) is 9.89. The molecule has 0 aliphatic carbocycles. The highest BCUT2D eigenvalue weighted by Gasteiger charge is 2.44. The maximum atomic E-state index is 12.6. The number of rotatable bonds is 3. The van der Waals surface area contributed by atoms with E-state index in [1.54, 1.807) is 30.2 Å². The van der Waals surface area contributed by atoms with Crippen LogP contribution in [0.4, 0.5) is 13.2 Å². The van der Waals surface area contributed by atoms with E-state index in [9.17, 15) is 18.0 Å². The van der Waals surface area contributed by atoms with Crippen molar-refractivity contribution in [3.05, 3.63) is 42.4 Å². The topological polar surface area (TPSA) is 107 Å². The minimum Gasteiger partial charge on any atom is -0.475 e. The number of piperidine rings is 1. The van der Waals surface area contributed by atoms with Gasteiger partial charge in [-0.05, 0) is 25.0 Å². The van der Waals surface area contributed by atoms with Crippen molar-refractivity contribution in [2.24, 2.45) is 7.05 Å². The van der Waals surface area contributed by atoms with Crippen molar-refractivity contribution in [1.82, 2.24) is 19.7 Å². The Morgan fingerprint density at radius 2 is 1.91 bits per heavy atom. The third kappa shape index (κ3) is 5.75. The summed E-state index contributed by atoms with van der Waals surface area (Å²) in [6.45, 7) is 1.97. The maximum Gasteiger partial charge on any atom is 0.490 e. The molecular formula is C20H23F3N4O5. The summed E-state index contributed by atoms with van der Waals surface area (Å²) in [5.74, 6) is -2.08. The van der Waals surface area contributed by atoms with Gasteiger partial charge in [0.15, 0.2) is 0 Å². The Morgan fingerprint density at radius 1 is 1.22 bits per heavy atom. The molecule has 0 saturated carbocycles. The highest BCUT2D eigenvalue weighted by molar-refractivity contribution is 5.92. The molecule has 0 radical (unpaired) electrons. The predicted octanol–water partition coefficient (Wildman–Crippen LogP) is 2.29. The molecular weight excluding hydrogens is 433 g/mol. The third-order valence-corrected chi connectivity index (χ3v) is 5.34. The molecule has 9 nitrogen and oxygen atoms in total. The molecule has 2 aliphatic heterocycles. The summed E-state index contributed by atoms with van der Waals surface area (Å²) >= 11 is 0. The zero-order chi connectivity index (χ0) is 23.4. The SMILES string of the molecule is Cn1nccc1C(=O)N1CCC2(CC1)CC(Oc1ccccn1)CO2.O=C(O)C(F)(F)F. The van der Waals surface area contributed by atoms with E-state index in [2.05, 4.69) is 10.1 Å². The van der Waals surface area contributed by atoms with Crippen molar-refractivity contribution in [1.29, 1.82) is 0 Å².